The Morgan fingerprint density at radius 1 is 1.30 bits per heavy atom. The van der Waals surface area contributed by atoms with Crippen LogP contribution in [0.3, 0.4) is 0 Å². The van der Waals surface area contributed by atoms with Crippen molar-refractivity contribution in [1.29, 1.82) is 0 Å². The van der Waals surface area contributed by atoms with Crippen molar-refractivity contribution in [3.63, 3.8) is 0 Å². The topological polar surface area (TPSA) is 80.9 Å². The van der Waals surface area contributed by atoms with Crippen LogP contribution in [0.5, 0.6) is 0 Å². The predicted octanol–water partition coefficient (Wildman–Crippen LogP) is 2.22. The number of hydrogen-bond donors (Lipinski definition) is 1. The zero-order valence-corrected chi connectivity index (χ0v) is 11.7. The molecular formula is C14H22N4O2. The standard InChI is InChI=1S/C14H22N4O2/c19-14(20)9-12(11-6-7-11)18-13(15-16-17-18)8-5-10-3-1-2-4-10/h10-12H,1-9H2,(H,19,20). The molecule has 1 aromatic rings. The van der Waals surface area contributed by atoms with Crippen molar-refractivity contribution in [2.75, 3.05) is 0 Å². The molecule has 0 bridgehead atoms. The van der Waals surface area contributed by atoms with E-state index in [2.05, 4.69) is 15.5 Å². The molecule has 1 N–H and O–H groups in total. The average Bonchev–Trinajstić information content (AvgIpc) is 2.94. The van der Waals surface area contributed by atoms with Gasteiger partial charge in [-0.15, -0.1) is 5.10 Å². The van der Waals surface area contributed by atoms with Crippen molar-refractivity contribution < 1.29 is 9.90 Å². The SMILES string of the molecule is O=C(O)CC(C1CC1)n1nnnc1CCC1CCCC1. The van der Waals surface area contributed by atoms with Gasteiger partial charge in [0.05, 0.1) is 12.5 Å². The number of carbonyl (C=O) groups is 1. The minimum absolute atomic E-state index is 0.0546. The zero-order chi connectivity index (χ0) is 13.9. The van der Waals surface area contributed by atoms with Gasteiger partial charge in [0.25, 0.3) is 0 Å². The Morgan fingerprint density at radius 3 is 2.70 bits per heavy atom. The van der Waals surface area contributed by atoms with Gasteiger partial charge in [0, 0.05) is 6.42 Å². The Labute approximate surface area is 118 Å². The molecule has 1 unspecified atom stereocenters. The molecule has 0 amide bonds. The van der Waals surface area contributed by atoms with E-state index < -0.39 is 5.97 Å². The van der Waals surface area contributed by atoms with Crippen molar-refractivity contribution >= 4 is 5.97 Å². The van der Waals surface area contributed by atoms with Crippen LogP contribution in [0.25, 0.3) is 0 Å². The van der Waals surface area contributed by atoms with Crippen LogP contribution in [0, 0.1) is 11.8 Å². The molecule has 1 heterocycles. The summed E-state index contributed by atoms with van der Waals surface area (Å²) in [7, 11) is 0. The summed E-state index contributed by atoms with van der Waals surface area (Å²) in [6.07, 6.45) is 9.67. The summed E-state index contributed by atoms with van der Waals surface area (Å²) in [6, 6.07) is -0.0546. The lowest BCUT2D eigenvalue weighted by atomic mass is 10.0. The van der Waals surface area contributed by atoms with Crippen molar-refractivity contribution in [3.05, 3.63) is 5.82 Å². The van der Waals surface area contributed by atoms with Gasteiger partial charge in [-0.05, 0) is 41.5 Å². The third-order valence-electron chi connectivity index (χ3n) is 4.68. The molecule has 1 atom stereocenters. The summed E-state index contributed by atoms with van der Waals surface area (Å²) < 4.78 is 1.79. The highest BCUT2D eigenvalue weighted by Crippen LogP contribution is 2.41. The van der Waals surface area contributed by atoms with Gasteiger partial charge in [0.15, 0.2) is 5.82 Å². The van der Waals surface area contributed by atoms with E-state index in [1.165, 1.54) is 25.7 Å². The van der Waals surface area contributed by atoms with Crippen molar-refractivity contribution in [1.82, 2.24) is 20.2 Å². The minimum atomic E-state index is -0.765. The molecule has 6 heteroatoms. The highest BCUT2D eigenvalue weighted by molar-refractivity contribution is 5.67. The highest BCUT2D eigenvalue weighted by Gasteiger charge is 2.36. The number of nitrogens with zero attached hydrogens (tertiary/aromatic N) is 4. The Hall–Kier alpha value is -1.46. The minimum Gasteiger partial charge on any atom is -0.481 e. The van der Waals surface area contributed by atoms with Crippen LogP contribution in [-0.2, 0) is 11.2 Å². The molecule has 20 heavy (non-hydrogen) atoms. The summed E-state index contributed by atoms with van der Waals surface area (Å²) in [5, 5.41) is 21.0. The number of hydrogen-bond acceptors (Lipinski definition) is 4. The second-order valence-electron chi connectivity index (χ2n) is 6.23. The van der Waals surface area contributed by atoms with E-state index in [4.69, 9.17) is 5.11 Å². The van der Waals surface area contributed by atoms with Crippen LogP contribution >= 0.6 is 0 Å². The van der Waals surface area contributed by atoms with Crippen LogP contribution in [0.15, 0.2) is 0 Å². The monoisotopic (exact) mass is 278 g/mol. The maximum atomic E-state index is 11.0. The molecule has 2 aliphatic rings. The molecular weight excluding hydrogens is 256 g/mol. The van der Waals surface area contributed by atoms with Crippen molar-refractivity contribution in [2.24, 2.45) is 11.8 Å². The van der Waals surface area contributed by atoms with Gasteiger partial charge >= 0.3 is 5.97 Å². The van der Waals surface area contributed by atoms with Gasteiger partial charge in [-0.1, -0.05) is 25.7 Å². The average molecular weight is 278 g/mol. The summed E-state index contributed by atoms with van der Waals surface area (Å²) in [6.45, 7) is 0. The molecule has 0 aromatic carbocycles. The van der Waals surface area contributed by atoms with E-state index in [-0.39, 0.29) is 12.5 Å². The second kappa shape index (κ2) is 5.89. The van der Waals surface area contributed by atoms with E-state index in [0.717, 1.165) is 37.4 Å². The van der Waals surface area contributed by atoms with E-state index in [1.807, 2.05) is 0 Å². The van der Waals surface area contributed by atoms with Crippen LogP contribution in [0.1, 0.15) is 63.2 Å². The Balaban J connectivity index is 1.65. The van der Waals surface area contributed by atoms with Crippen LogP contribution in [0.4, 0.5) is 0 Å². The molecule has 0 spiro atoms. The van der Waals surface area contributed by atoms with Gasteiger partial charge in [0.1, 0.15) is 0 Å². The number of aryl methyl sites for hydroxylation is 1. The number of aromatic nitrogens is 4. The molecule has 2 fully saturated rings. The Bertz CT molecular complexity index is 463. The maximum Gasteiger partial charge on any atom is 0.305 e. The Kier molecular flexibility index (Phi) is 3.98. The quantitative estimate of drug-likeness (QED) is 0.827. The molecule has 0 radical (unpaired) electrons. The van der Waals surface area contributed by atoms with Crippen LogP contribution in [0.2, 0.25) is 0 Å². The third-order valence-corrected chi connectivity index (χ3v) is 4.68. The number of carboxylic acids is 1. The van der Waals surface area contributed by atoms with E-state index in [1.54, 1.807) is 4.68 Å². The lowest BCUT2D eigenvalue weighted by Crippen LogP contribution is -2.20. The first-order valence-electron chi connectivity index (χ1n) is 7.72. The lowest BCUT2D eigenvalue weighted by molar-refractivity contribution is -0.138. The third kappa shape index (κ3) is 3.16. The number of tetrazole rings is 1. The fraction of sp³-hybridized carbons (Fsp3) is 0.857. The first kappa shape index (κ1) is 13.5. The molecule has 0 aliphatic heterocycles. The van der Waals surface area contributed by atoms with Crippen molar-refractivity contribution in [3.8, 4) is 0 Å². The van der Waals surface area contributed by atoms with Crippen LogP contribution < -0.4 is 0 Å². The fourth-order valence-electron chi connectivity index (χ4n) is 3.38. The smallest absolute Gasteiger partial charge is 0.305 e. The van der Waals surface area contributed by atoms with E-state index in [9.17, 15) is 4.79 Å². The van der Waals surface area contributed by atoms with Gasteiger partial charge in [-0.25, -0.2) is 4.68 Å². The first-order valence-corrected chi connectivity index (χ1v) is 7.72. The van der Waals surface area contributed by atoms with E-state index in [0.29, 0.717) is 5.92 Å². The number of aliphatic carboxylic acids is 1. The summed E-state index contributed by atoms with van der Waals surface area (Å²) >= 11 is 0. The Morgan fingerprint density at radius 2 is 2.05 bits per heavy atom. The summed E-state index contributed by atoms with van der Waals surface area (Å²) in [5.41, 5.74) is 0. The highest BCUT2D eigenvalue weighted by atomic mass is 16.4. The van der Waals surface area contributed by atoms with Crippen molar-refractivity contribution in [2.45, 2.75) is 63.8 Å². The second-order valence-corrected chi connectivity index (χ2v) is 6.23. The molecule has 2 aliphatic carbocycles. The molecule has 1 aromatic heterocycles. The van der Waals surface area contributed by atoms with Gasteiger partial charge in [0.2, 0.25) is 0 Å². The van der Waals surface area contributed by atoms with Crippen LogP contribution in [-0.4, -0.2) is 31.3 Å². The fourth-order valence-corrected chi connectivity index (χ4v) is 3.38. The zero-order valence-electron chi connectivity index (χ0n) is 11.7. The number of carboxylic acid groups (broad SMARTS) is 1. The molecule has 3 rings (SSSR count). The lowest BCUT2D eigenvalue weighted by Gasteiger charge is -2.16. The first-order chi connectivity index (χ1) is 9.74. The summed E-state index contributed by atoms with van der Waals surface area (Å²) in [4.78, 5) is 11.0. The normalized spacial score (nSPS) is 21.2. The molecule has 110 valence electrons. The number of rotatable bonds is 7. The molecule has 6 nitrogen and oxygen atoms in total. The molecule has 0 saturated heterocycles. The maximum absolute atomic E-state index is 11.0. The van der Waals surface area contributed by atoms with Gasteiger partial charge < -0.3 is 5.11 Å². The largest absolute Gasteiger partial charge is 0.481 e. The van der Waals surface area contributed by atoms with Gasteiger partial charge in [-0.2, -0.15) is 0 Å². The summed E-state index contributed by atoms with van der Waals surface area (Å²) in [5.74, 6) is 1.35. The molecule has 2 saturated carbocycles. The van der Waals surface area contributed by atoms with Gasteiger partial charge in [-0.3, -0.25) is 4.79 Å². The van der Waals surface area contributed by atoms with E-state index >= 15 is 0 Å². The predicted molar refractivity (Wildman–Crippen MR) is 72.1 cm³/mol.